The van der Waals surface area contributed by atoms with E-state index in [0.29, 0.717) is 5.92 Å². The first-order valence-corrected chi connectivity index (χ1v) is 7.62. The van der Waals surface area contributed by atoms with E-state index in [1.807, 2.05) is 0 Å². The summed E-state index contributed by atoms with van der Waals surface area (Å²) in [6.45, 7) is 13.7. The van der Waals surface area contributed by atoms with Crippen molar-refractivity contribution in [3.63, 3.8) is 0 Å². The first kappa shape index (κ1) is 14.5. The number of rotatable bonds is 4. The number of hydrogen-bond acceptors (Lipinski definition) is 2. The van der Waals surface area contributed by atoms with Gasteiger partial charge in [0.2, 0.25) is 0 Å². The summed E-state index contributed by atoms with van der Waals surface area (Å²) >= 11 is 0. The molecule has 1 aliphatic rings. The quantitative estimate of drug-likeness (QED) is 0.893. The molecular weight excluding hydrogens is 232 g/mol. The summed E-state index contributed by atoms with van der Waals surface area (Å²) in [5.74, 6) is 0.663. The van der Waals surface area contributed by atoms with Gasteiger partial charge >= 0.3 is 0 Å². The summed E-state index contributed by atoms with van der Waals surface area (Å²) < 4.78 is 0. The van der Waals surface area contributed by atoms with E-state index in [1.165, 1.54) is 17.5 Å². The first-order chi connectivity index (χ1) is 9.05. The zero-order chi connectivity index (χ0) is 13.9. The average molecular weight is 260 g/mol. The highest BCUT2D eigenvalue weighted by Gasteiger charge is 2.29. The molecule has 1 aliphatic heterocycles. The normalized spacial score (nSPS) is 19.4. The van der Waals surface area contributed by atoms with Gasteiger partial charge in [-0.1, -0.05) is 38.1 Å². The number of hydrogen-bond donors (Lipinski definition) is 1. The molecule has 0 aromatic heterocycles. The standard InChI is InChI=1S/C17H28N2/c1-5-14(2)15-6-8-16(9-7-15)17(3,4)19-12-10-18-11-13-19/h6-9,14,18H,5,10-13H2,1-4H3. The zero-order valence-corrected chi connectivity index (χ0v) is 12.9. The minimum Gasteiger partial charge on any atom is -0.314 e. The van der Waals surface area contributed by atoms with Crippen LogP contribution in [0.5, 0.6) is 0 Å². The van der Waals surface area contributed by atoms with Crippen molar-refractivity contribution in [2.45, 2.75) is 45.6 Å². The van der Waals surface area contributed by atoms with Gasteiger partial charge in [0.05, 0.1) is 0 Å². The molecule has 2 nitrogen and oxygen atoms in total. The molecule has 1 unspecified atom stereocenters. The fourth-order valence-electron chi connectivity index (χ4n) is 2.86. The molecule has 0 amide bonds. The van der Waals surface area contributed by atoms with E-state index in [1.54, 1.807) is 0 Å². The highest BCUT2D eigenvalue weighted by molar-refractivity contribution is 5.29. The lowest BCUT2D eigenvalue weighted by Crippen LogP contribution is -2.51. The smallest absolute Gasteiger partial charge is 0.0405 e. The summed E-state index contributed by atoms with van der Waals surface area (Å²) in [4.78, 5) is 2.59. The molecule has 2 rings (SSSR count). The number of nitrogens with one attached hydrogen (secondary N) is 1. The monoisotopic (exact) mass is 260 g/mol. The lowest BCUT2D eigenvalue weighted by molar-refractivity contribution is 0.102. The molecule has 1 aromatic rings. The van der Waals surface area contributed by atoms with E-state index in [0.717, 1.165) is 26.2 Å². The van der Waals surface area contributed by atoms with Crippen molar-refractivity contribution in [1.82, 2.24) is 10.2 Å². The van der Waals surface area contributed by atoms with Crippen molar-refractivity contribution in [3.05, 3.63) is 35.4 Å². The number of nitrogens with zero attached hydrogens (tertiary/aromatic N) is 1. The van der Waals surface area contributed by atoms with Crippen LogP contribution in [0.4, 0.5) is 0 Å². The Bertz CT molecular complexity index is 388. The van der Waals surface area contributed by atoms with Gasteiger partial charge < -0.3 is 5.32 Å². The van der Waals surface area contributed by atoms with E-state index >= 15 is 0 Å². The SMILES string of the molecule is CCC(C)c1ccc(C(C)(C)N2CCNCC2)cc1. The van der Waals surface area contributed by atoms with Crippen molar-refractivity contribution in [2.24, 2.45) is 0 Å². The highest BCUT2D eigenvalue weighted by atomic mass is 15.2. The van der Waals surface area contributed by atoms with Gasteiger partial charge in [-0.3, -0.25) is 4.90 Å². The van der Waals surface area contributed by atoms with Crippen LogP contribution < -0.4 is 5.32 Å². The van der Waals surface area contributed by atoms with Gasteiger partial charge in [-0.25, -0.2) is 0 Å². The molecule has 2 heteroatoms. The molecule has 0 saturated carbocycles. The van der Waals surface area contributed by atoms with Crippen molar-refractivity contribution in [2.75, 3.05) is 26.2 Å². The lowest BCUT2D eigenvalue weighted by atomic mass is 9.89. The van der Waals surface area contributed by atoms with Crippen molar-refractivity contribution < 1.29 is 0 Å². The van der Waals surface area contributed by atoms with Crippen LogP contribution >= 0.6 is 0 Å². The van der Waals surface area contributed by atoms with Crippen LogP contribution in [0.15, 0.2) is 24.3 Å². The average Bonchev–Trinajstić information content (AvgIpc) is 2.47. The summed E-state index contributed by atoms with van der Waals surface area (Å²) in [6.07, 6.45) is 1.21. The summed E-state index contributed by atoms with van der Waals surface area (Å²) in [7, 11) is 0. The van der Waals surface area contributed by atoms with E-state index in [-0.39, 0.29) is 5.54 Å². The zero-order valence-electron chi connectivity index (χ0n) is 12.9. The number of piperazine rings is 1. The summed E-state index contributed by atoms with van der Waals surface area (Å²) in [5.41, 5.74) is 3.03. The second kappa shape index (κ2) is 6.06. The van der Waals surface area contributed by atoms with Gasteiger partial charge in [0.25, 0.3) is 0 Å². The molecule has 0 spiro atoms. The Morgan fingerprint density at radius 3 is 2.26 bits per heavy atom. The van der Waals surface area contributed by atoms with Crippen LogP contribution in [0.3, 0.4) is 0 Å². The van der Waals surface area contributed by atoms with Crippen molar-refractivity contribution in [3.8, 4) is 0 Å². The molecule has 1 heterocycles. The second-order valence-corrected chi connectivity index (χ2v) is 6.23. The van der Waals surface area contributed by atoms with Crippen molar-refractivity contribution in [1.29, 1.82) is 0 Å². The minimum absolute atomic E-state index is 0.135. The van der Waals surface area contributed by atoms with E-state index in [9.17, 15) is 0 Å². The Labute approximate surface area is 118 Å². The summed E-state index contributed by atoms with van der Waals surface area (Å²) in [5, 5.41) is 3.43. The van der Waals surface area contributed by atoms with Gasteiger partial charge in [-0.05, 0) is 37.3 Å². The third-order valence-electron chi connectivity index (χ3n) is 4.71. The number of benzene rings is 1. The van der Waals surface area contributed by atoms with E-state index in [4.69, 9.17) is 0 Å². The van der Waals surface area contributed by atoms with Gasteiger partial charge in [0.15, 0.2) is 0 Å². The van der Waals surface area contributed by atoms with Crippen LogP contribution in [0.25, 0.3) is 0 Å². The molecule has 1 atom stereocenters. The second-order valence-electron chi connectivity index (χ2n) is 6.23. The van der Waals surface area contributed by atoms with Gasteiger partial charge in [-0.2, -0.15) is 0 Å². The molecule has 0 aliphatic carbocycles. The van der Waals surface area contributed by atoms with E-state index in [2.05, 4.69) is 62.2 Å². The van der Waals surface area contributed by atoms with Crippen LogP contribution in [-0.2, 0) is 5.54 Å². The molecular formula is C17H28N2. The maximum atomic E-state index is 3.43. The maximum Gasteiger partial charge on any atom is 0.0405 e. The third kappa shape index (κ3) is 3.18. The Morgan fingerprint density at radius 2 is 1.74 bits per heavy atom. The third-order valence-corrected chi connectivity index (χ3v) is 4.71. The lowest BCUT2D eigenvalue weighted by Gasteiger charge is -2.41. The first-order valence-electron chi connectivity index (χ1n) is 7.62. The highest BCUT2D eigenvalue weighted by Crippen LogP contribution is 2.29. The van der Waals surface area contributed by atoms with Crippen LogP contribution in [0.2, 0.25) is 0 Å². The molecule has 0 bridgehead atoms. The molecule has 106 valence electrons. The predicted octanol–water partition coefficient (Wildman–Crippen LogP) is 3.34. The molecule has 1 aromatic carbocycles. The Hall–Kier alpha value is -0.860. The fraction of sp³-hybridized carbons (Fsp3) is 0.647. The van der Waals surface area contributed by atoms with Crippen LogP contribution in [0, 0.1) is 0 Å². The van der Waals surface area contributed by atoms with Crippen LogP contribution in [0.1, 0.15) is 51.2 Å². The molecule has 0 radical (unpaired) electrons. The van der Waals surface area contributed by atoms with Crippen LogP contribution in [-0.4, -0.2) is 31.1 Å². The fourth-order valence-corrected chi connectivity index (χ4v) is 2.86. The summed E-state index contributed by atoms with van der Waals surface area (Å²) in [6, 6.07) is 9.27. The minimum atomic E-state index is 0.135. The largest absolute Gasteiger partial charge is 0.314 e. The van der Waals surface area contributed by atoms with Gasteiger partial charge in [0.1, 0.15) is 0 Å². The Morgan fingerprint density at radius 1 is 1.16 bits per heavy atom. The maximum absolute atomic E-state index is 3.43. The molecule has 19 heavy (non-hydrogen) atoms. The predicted molar refractivity (Wildman–Crippen MR) is 82.6 cm³/mol. The van der Waals surface area contributed by atoms with Gasteiger partial charge in [0, 0.05) is 31.7 Å². The molecule has 1 N–H and O–H groups in total. The van der Waals surface area contributed by atoms with Gasteiger partial charge in [-0.15, -0.1) is 0 Å². The molecule has 1 saturated heterocycles. The topological polar surface area (TPSA) is 15.3 Å². The van der Waals surface area contributed by atoms with E-state index < -0.39 is 0 Å². The van der Waals surface area contributed by atoms with Crippen molar-refractivity contribution >= 4 is 0 Å². The Balaban J connectivity index is 2.15. The Kier molecular flexibility index (Phi) is 4.64. The molecule has 1 fully saturated rings.